The number of likely N-dealkylation sites (N-methyl/N-ethyl adjacent to an activating group) is 1. The van der Waals surface area contributed by atoms with Crippen molar-refractivity contribution >= 4 is 17.2 Å². The van der Waals surface area contributed by atoms with Crippen LogP contribution in [0.25, 0.3) is 0 Å². The van der Waals surface area contributed by atoms with Crippen LogP contribution in [-0.4, -0.2) is 32.6 Å². The van der Waals surface area contributed by atoms with E-state index in [0.29, 0.717) is 13.0 Å². The lowest BCUT2D eigenvalue weighted by molar-refractivity contribution is -0.129. The van der Waals surface area contributed by atoms with Gasteiger partial charge in [0.05, 0.1) is 24.2 Å². The highest BCUT2D eigenvalue weighted by Crippen LogP contribution is 2.14. The summed E-state index contributed by atoms with van der Waals surface area (Å²) in [6.07, 6.45) is 5.81. The molecule has 96 valence electrons. The highest BCUT2D eigenvalue weighted by molar-refractivity contribution is 7.11. The van der Waals surface area contributed by atoms with Crippen LogP contribution < -0.4 is 0 Å². The predicted octanol–water partition coefficient (Wildman–Crippen LogP) is 1.39. The second-order valence-electron chi connectivity index (χ2n) is 4.29. The normalized spacial score (nSPS) is 10.6. The number of aryl methyl sites for hydroxylation is 2. The molecule has 5 nitrogen and oxygen atoms in total. The molecular formula is C12H16N4OS. The maximum Gasteiger partial charge on any atom is 0.227 e. The second-order valence-corrected chi connectivity index (χ2v) is 5.61. The Morgan fingerprint density at radius 3 is 2.83 bits per heavy atom. The Kier molecular flexibility index (Phi) is 3.76. The Morgan fingerprint density at radius 2 is 2.28 bits per heavy atom. The average molecular weight is 264 g/mol. The van der Waals surface area contributed by atoms with Crippen molar-refractivity contribution < 1.29 is 4.79 Å². The Bertz CT molecular complexity index is 546. The van der Waals surface area contributed by atoms with E-state index in [1.54, 1.807) is 27.1 Å². The Balaban J connectivity index is 1.92. The summed E-state index contributed by atoms with van der Waals surface area (Å²) in [6.45, 7) is 2.58. The van der Waals surface area contributed by atoms with Crippen LogP contribution in [0.5, 0.6) is 0 Å². The molecule has 0 aliphatic carbocycles. The first-order valence-electron chi connectivity index (χ1n) is 5.67. The van der Waals surface area contributed by atoms with Crippen LogP contribution in [0, 0.1) is 6.92 Å². The largest absolute Gasteiger partial charge is 0.340 e. The van der Waals surface area contributed by atoms with Gasteiger partial charge in [-0.3, -0.25) is 9.48 Å². The topological polar surface area (TPSA) is 51.0 Å². The Labute approximate surface area is 110 Å². The fourth-order valence-corrected chi connectivity index (χ4v) is 2.52. The maximum atomic E-state index is 12.0. The Hall–Kier alpha value is -1.69. The minimum Gasteiger partial charge on any atom is -0.340 e. The number of nitrogens with zero attached hydrogens (tertiary/aromatic N) is 4. The first kappa shape index (κ1) is 12.8. The molecule has 2 rings (SSSR count). The van der Waals surface area contributed by atoms with Crippen LogP contribution in [0.1, 0.15) is 15.4 Å². The van der Waals surface area contributed by atoms with Gasteiger partial charge in [-0.2, -0.15) is 5.10 Å². The minimum atomic E-state index is 0.0917. The van der Waals surface area contributed by atoms with Crippen LogP contribution in [-0.2, 0) is 24.8 Å². The van der Waals surface area contributed by atoms with Crippen molar-refractivity contribution in [2.75, 3.05) is 7.05 Å². The highest BCUT2D eigenvalue weighted by atomic mass is 32.1. The van der Waals surface area contributed by atoms with Gasteiger partial charge in [0.25, 0.3) is 0 Å². The van der Waals surface area contributed by atoms with Gasteiger partial charge >= 0.3 is 0 Å². The second kappa shape index (κ2) is 5.30. The summed E-state index contributed by atoms with van der Waals surface area (Å²) in [5, 5.41) is 5.08. The molecule has 2 heterocycles. The number of amides is 1. The van der Waals surface area contributed by atoms with Gasteiger partial charge in [-0.1, -0.05) is 0 Å². The molecule has 1 amide bonds. The molecule has 0 saturated heterocycles. The van der Waals surface area contributed by atoms with E-state index in [-0.39, 0.29) is 5.91 Å². The number of hydrogen-bond acceptors (Lipinski definition) is 4. The molecule has 0 radical (unpaired) electrons. The molecule has 0 bridgehead atoms. The van der Waals surface area contributed by atoms with E-state index < -0.39 is 0 Å². The lowest BCUT2D eigenvalue weighted by atomic mass is 10.2. The van der Waals surface area contributed by atoms with Crippen LogP contribution in [0.4, 0.5) is 0 Å². The summed E-state index contributed by atoms with van der Waals surface area (Å²) < 4.78 is 1.70. The standard InChI is InChI=1S/C12H16N4OS/c1-9-13-6-11(18-9)8-15(2)12(17)4-10-5-14-16(3)7-10/h5-7H,4,8H2,1-3H3. The maximum absolute atomic E-state index is 12.0. The smallest absolute Gasteiger partial charge is 0.227 e. The zero-order valence-corrected chi connectivity index (χ0v) is 11.6. The van der Waals surface area contributed by atoms with Crippen LogP contribution in [0.3, 0.4) is 0 Å². The summed E-state index contributed by atoms with van der Waals surface area (Å²) >= 11 is 1.62. The molecule has 0 aliphatic rings. The third-order valence-corrected chi connectivity index (χ3v) is 3.50. The van der Waals surface area contributed by atoms with Gasteiger partial charge in [-0.25, -0.2) is 4.98 Å². The predicted molar refractivity (Wildman–Crippen MR) is 70.2 cm³/mol. The third-order valence-electron chi connectivity index (χ3n) is 2.60. The summed E-state index contributed by atoms with van der Waals surface area (Å²) in [5.41, 5.74) is 0.940. The molecule has 18 heavy (non-hydrogen) atoms. The number of rotatable bonds is 4. The summed E-state index contributed by atoms with van der Waals surface area (Å²) in [6, 6.07) is 0. The van der Waals surface area contributed by atoms with Gasteiger partial charge < -0.3 is 4.90 Å². The summed E-state index contributed by atoms with van der Waals surface area (Å²) in [5.74, 6) is 0.0917. The quantitative estimate of drug-likeness (QED) is 0.838. The molecule has 2 aromatic rings. The summed E-state index contributed by atoms with van der Waals surface area (Å²) in [7, 11) is 3.66. The molecule has 2 aromatic heterocycles. The number of hydrogen-bond donors (Lipinski definition) is 0. The number of carbonyl (C=O) groups is 1. The fourth-order valence-electron chi connectivity index (χ4n) is 1.67. The van der Waals surface area contributed by atoms with E-state index >= 15 is 0 Å². The van der Waals surface area contributed by atoms with Gasteiger partial charge in [0.15, 0.2) is 0 Å². The van der Waals surface area contributed by atoms with Crippen molar-refractivity contribution in [3.63, 3.8) is 0 Å². The van der Waals surface area contributed by atoms with Gasteiger partial charge in [0, 0.05) is 31.4 Å². The van der Waals surface area contributed by atoms with Crippen LogP contribution in [0.2, 0.25) is 0 Å². The molecule has 0 atom stereocenters. The molecule has 0 saturated carbocycles. The molecule has 0 N–H and O–H groups in total. The van der Waals surface area contributed by atoms with E-state index in [1.165, 1.54) is 0 Å². The van der Waals surface area contributed by atoms with E-state index in [1.807, 2.05) is 33.4 Å². The molecule has 0 spiro atoms. The lowest BCUT2D eigenvalue weighted by Gasteiger charge is -2.15. The van der Waals surface area contributed by atoms with Crippen molar-refractivity contribution in [1.82, 2.24) is 19.7 Å². The molecule has 0 fully saturated rings. The van der Waals surface area contributed by atoms with Crippen molar-refractivity contribution in [1.29, 1.82) is 0 Å². The Morgan fingerprint density at radius 1 is 1.50 bits per heavy atom. The first-order chi connectivity index (χ1) is 8.54. The molecule has 6 heteroatoms. The van der Waals surface area contributed by atoms with Crippen molar-refractivity contribution in [2.45, 2.75) is 19.9 Å². The zero-order chi connectivity index (χ0) is 13.1. The molecule has 0 aromatic carbocycles. The van der Waals surface area contributed by atoms with Crippen molar-refractivity contribution in [3.05, 3.63) is 34.0 Å². The number of aromatic nitrogens is 3. The van der Waals surface area contributed by atoms with Gasteiger partial charge in [-0.15, -0.1) is 11.3 Å². The SMILES string of the molecule is Cc1ncc(CN(C)C(=O)Cc2cnn(C)c2)s1. The monoisotopic (exact) mass is 264 g/mol. The molecular weight excluding hydrogens is 248 g/mol. The number of thiazole rings is 1. The highest BCUT2D eigenvalue weighted by Gasteiger charge is 2.12. The zero-order valence-electron chi connectivity index (χ0n) is 10.8. The van der Waals surface area contributed by atoms with E-state index in [4.69, 9.17) is 0 Å². The third kappa shape index (κ3) is 3.16. The lowest BCUT2D eigenvalue weighted by Crippen LogP contribution is -2.27. The van der Waals surface area contributed by atoms with Gasteiger partial charge in [0.2, 0.25) is 5.91 Å². The minimum absolute atomic E-state index is 0.0917. The summed E-state index contributed by atoms with van der Waals surface area (Å²) in [4.78, 5) is 19.0. The van der Waals surface area contributed by atoms with E-state index in [2.05, 4.69) is 10.1 Å². The average Bonchev–Trinajstić information content (AvgIpc) is 2.88. The van der Waals surface area contributed by atoms with Gasteiger partial charge in [-0.05, 0) is 12.5 Å². The molecule has 0 unspecified atom stereocenters. The van der Waals surface area contributed by atoms with Crippen molar-refractivity contribution in [2.24, 2.45) is 7.05 Å². The van der Waals surface area contributed by atoms with Crippen molar-refractivity contribution in [3.8, 4) is 0 Å². The van der Waals surface area contributed by atoms with Crippen LogP contribution in [0.15, 0.2) is 18.6 Å². The first-order valence-corrected chi connectivity index (χ1v) is 6.49. The van der Waals surface area contributed by atoms with E-state index in [9.17, 15) is 4.79 Å². The van der Waals surface area contributed by atoms with E-state index in [0.717, 1.165) is 15.4 Å². The number of carbonyl (C=O) groups excluding carboxylic acids is 1. The van der Waals surface area contributed by atoms with Gasteiger partial charge in [0.1, 0.15) is 0 Å². The fraction of sp³-hybridized carbons (Fsp3) is 0.417. The van der Waals surface area contributed by atoms with Crippen LogP contribution >= 0.6 is 11.3 Å². The molecule has 0 aliphatic heterocycles.